The van der Waals surface area contributed by atoms with E-state index in [0.717, 1.165) is 12.8 Å². The molecule has 2 rings (SSSR count). The lowest BCUT2D eigenvalue weighted by Crippen LogP contribution is -2.34. The van der Waals surface area contributed by atoms with Crippen molar-refractivity contribution in [1.29, 1.82) is 0 Å². The fourth-order valence-electron chi connectivity index (χ4n) is 1.80. The Balaban J connectivity index is 2.27. The Hall–Kier alpha value is -2.51. The second kappa shape index (κ2) is 6.09. The molecule has 0 atom stereocenters. The van der Waals surface area contributed by atoms with E-state index in [9.17, 15) is 9.59 Å². The van der Waals surface area contributed by atoms with Gasteiger partial charge in [0.05, 0.1) is 6.54 Å². The van der Waals surface area contributed by atoms with Gasteiger partial charge < -0.3 is 15.6 Å². The van der Waals surface area contributed by atoms with Crippen molar-refractivity contribution in [3.63, 3.8) is 0 Å². The number of hydrogen-bond donors (Lipinski definition) is 3. The molecule has 0 bridgehead atoms. The Morgan fingerprint density at radius 1 is 1.50 bits per heavy atom. The van der Waals surface area contributed by atoms with Crippen molar-refractivity contribution < 1.29 is 4.52 Å². The van der Waals surface area contributed by atoms with Crippen molar-refractivity contribution in [2.75, 3.05) is 11.1 Å². The summed E-state index contributed by atoms with van der Waals surface area (Å²) in [4.78, 5) is 25.8. The van der Waals surface area contributed by atoms with Crippen molar-refractivity contribution in [2.24, 2.45) is 0 Å². The number of nitrogen functional groups attached to an aromatic ring is 1. The maximum Gasteiger partial charge on any atom is 0.330 e. The quantitative estimate of drug-likeness (QED) is 0.709. The molecule has 0 saturated carbocycles. The van der Waals surface area contributed by atoms with E-state index in [1.165, 1.54) is 10.8 Å². The number of hydrogen-bond acceptors (Lipinski definition) is 6. The SMILES string of the molecule is CCCCn1c(N)c(NCc2ccon2)c(=O)[nH]c1=O. The van der Waals surface area contributed by atoms with Crippen molar-refractivity contribution >= 4 is 11.5 Å². The number of nitrogens with one attached hydrogen (secondary N) is 2. The number of nitrogens with two attached hydrogens (primary N) is 1. The summed E-state index contributed by atoms with van der Waals surface area (Å²) in [5.41, 5.74) is 5.68. The van der Waals surface area contributed by atoms with Gasteiger partial charge in [0, 0.05) is 12.6 Å². The Kier molecular flexibility index (Phi) is 4.24. The van der Waals surface area contributed by atoms with Crippen LogP contribution in [-0.2, 0) is 13.1 Å². The number of aromatic amines is 1. The second-order valence-corrected chi connectivity index (χ2v) is 4.37. The summed E-state index contributed by atoms with van der Waals surface area (Å²) in [6.07, 6.45) is 3.17. The highest BCUT2D eigenvalue weighted by Gasteiger charge is 2.12. The van der Waals surface area contributed by atoms with Crippen molar-refractivity contribution in [3.8, 4) is 0 Å². The summed E-state index contributed by atoms with van der Waals surface area (Å²) < 4.78 is 6.05. The van der Waals surface area contributed by atoms with E-state index in [4.69, 9.17) is 10.3 Å². The Labute approximate surface area is 114 Å². The molecule has 108 valence electrons. The van der Waals surface area contributed by atoms with Gasteiger partial charge in [-0.25, -0.2) is 4.79 Å². The average molecular weight is 279 g/mol. The standard InChI is InChI=1S/C12H17N5O3/c1-2-3-5-17-10(13)9(11(18)15-12(17)19)14-7-8-4-6-20-16-8/h4,6,14H,2-3,5,7,13H2,1H3,(H,15,18,19). The van der Waals surface area contributed by atoms with Crippen LogP contribution in [0.15, 0.2) is 26.4 Å². The highest BCUT2D eigenvalue weighted by atomic mass is 16.5. The van der Waals surface area contributed by atoms with Gasteiger partial charge >= 0.3 is 5.69 Å². The maximum absolute atomic E-state index is 11.8. The van der Waals surface area contributed by atoms with Gasteiger partial charge in [-0.1, -0.05) is 18.5 Å². The molecule has 0 unspecified atom stereocenters. The first kappa shape index (κ1) is 13.9. The molecule has 0 amide bonds. The molecule has 0 aliphatic heterocycles. The first-order chi connectivity index (χ1) is 9.63. The van der Waals surface area contributed by atoms with Gasteiger partial charge in [0.1, 0.15) is 23.5 Å². The zero-order valence-corrected chi connectivity index (χ0v) is 11.2. The molecule has 0 aliphatic rings. The summed E-state index contributed by atoms with van der Waals surface area (Å²) in [7, 11) is 0. The van der Waals surface area contributed by atoms with Crippen LogP contribution in [0.2, 0.25) is 0 Å². The molecular weight excluding hydrogens is 262 g/mol. The molecule has 0 aromatic carbocycles. The summed E-state index contributed by atoms with van der Waals surface area (Å²) in [6.45, 7) is 2.77. The summed E-state index contributed by atoms with van der Waals surface area (Å²) in [5.74, 6) is 0.135. The monoisotopic (exact) mass is 279 g/mol. The minimum absolute atomic E-state index is 0.135. The van der Waals surface area contributed by atoms with Crippen LogP contribution in [-0.4, -0.2) is 14.7 Å². The number of aromatic nitrogens is 3. The van der Waals surface area contributed by atoms with Crippen LogP contribution in [0.3, 0.4) is 0 Å². The van der Waals surface area contributed by atoms with Crippen LogP contribution >= 0.6 is 0 Å². The van der Waals surface area contributed by atoms with Gasteiger partial charge in [0.25, 0.3) is 5.56 Å². The third-order valence-electron chi connectivity index (χ3n) is 2.91. The lowest BCUT2D eigenvalue weighted by Gasteiger charge is -2.12. The van der Waals surface area contributed by atoms with Gasteiger partial charge in [-0.2, -0.15) is 0 Å². The first-order valence-electron chi connectivity index (χ1n) is 6.39. The molecule has 0 fully saturated rings. The maximum atomic E-state index is 11.8. The van der Waals surface area contributed by atoms with Crippen LogP contribution in [0.1, 0.15) is 25.5 Å². The Morgan fingerprint density at radius 2 is 2.30 bits per heavy atom. The van der Waals surface area contributed by atoms with E-state index >= 15 is 0 Å². The summed E-state index contributed by atoms with van der Waals surface area (Å²) in [6, 6.07) is 1.67. The predicted octanol–water partition coefficient (Wildman–Crippen LogP) is 0.519. The number of unbranched alkanes of at least 4 members (excludes halogenated alkanes) is 1. The van der Waals surface area contributed by atoms with Crippen LogP contribution in [0.5, 0.6) is 0 Å². The molecule has 0 saturated heterocycles. The van der Waals surface area contributed by atoms with Gasteiger partial charge in [-0.15, -0.1) is 0 Å². The van der Waals surface area contributed by atoms with Crippen molar-refractivity contribution in [1.82, 2.24) is 14.7 Å². The van der Waals surface area contributed by atoms with E-state index in [-0.39, 0.29) is 18.1 Å². The van der Waals surface area contributed by atoms with E-state index < -0.39 is 11.2 Å². The minimum Gasteiger partial charge on any atom is -0.383 e. The zero-order valence-electron chi connectivity index (χ0n) is 11.2. The second-order valence-electron chi connectivity index (χ2n) is 4.37. The number of nitrogens with zero attached hydrogens (tertiary/aromatic N) is 2. The van der Waals surface area contributed by atoms with Crippen molar-refractivity contribution in [2.45, 2.75) is 32.9 Å². The summed E-state index contributed by atoms with van der Waals surface area (Å²) >= 11 is 0. The van der Waals surface area contributed by atoms with Crippen LogP contribution in [0, 0.1) is 0 Å². The van der Waals surface area contributed by atoms with E-state index in [0.29, 0.717) is 12.2 Å². The third-order valence-corrected chi connectivity index (χ3v) is 2.91. The molecule has 4 N–H and O–H groups in total. The minimum atomic E-state index is -0.538. The molecule has 8 heteroatoms. The Morgan fingerprint density at radius 3 is 2.95 bits per heavy atom. The van der Waals surface area contributed by atoms with Gasteiger partial charge in [-0.05, 0) is 6.42 Å². The zero-order chi connectivity index (χ0) is 14.5. The molecule has 2 aromatic heterocycles. The predicted molar refractivity (Wildman–Crippen MR) is 74.5 cm³/mol. The van der Waals surface area contributed by atoms with Gasteiger partial charge in [0.2, 0.25) is 0 Å². The molecule has 0 aliphatic carbocycles. The molecule has 8 nitrogen and oxygen atoms in total. The lowest BCUT2D eigenvalue weighted by molar-refractivity contribution is 0.412. The average Bonchev–Trinajstić information content (AvgIpc) is 2.91. The largest absolute Gasteiger partial charge is 0.383 e. The fourth-order valence-corrected chi connectivity index (χ4v) is 1.80. The number of rotatable bonds is 6. The van der Waals surface area contributed by atoms with Crippen LogP contribution in [0.4, 0.5) is 11.5 Å². The molecule has 0 radical (unpaired) electrons. The number of H-pyrrole nitrogens is 1. The molecule has 2 heterocycles. The van der Waals surface area contributed by atoms with E-state index in [2.05, 4.69) is 15.5 Å². The first-order valence-corrected chi connectivity index (χ1v) is 6.39. The smallest absolute Gasteiger partial charge is 0.330 e. The Bertz CT molecular complexity index is 671. The van der Waals surface area contributed by atoms with Crippen molar-refractivity contribution in [3.05, 3.63) is 38.9 Å². The van der Waals surface area contributed by atoms with Crippen LogP contribution < -0.4 is 22.3 Å². The van der Waals surface area contributed by atoms with Gasteiger partial charge in [0.15, 0.2) is 0 Å². The van der Waals surface area contributed by atoms with Gasteiger partial charge in [-0.3, -0.25) is 14.3 Å². The fraction of sp³-hybridized carbons (Fsp3) is 0.417. The molecule has 0 spiro atoms. The summed E-state index contributed by atoms with van der Waals surface area (Å²) in [5, 5.41) is 6.60. The number of anilines is 2. The molecule has 2 aromatic rings. The highest BCUT2D eigenvalue weighted by Crippen LogP contribution is 2.12. The topological polar surface area (TPSA) is 119 Å². The third kappa shape index (κ3) is 2.90. The molecule has 20 heavy (non-hydrogen) atoms. The normalized spacial score (nSPS) is 10.7. The van der Waals surface area contributed by atoms with E-state index in [1.54, 1.807) is 6.07 Å². The van der Waals surface area contributed by atoms with E-state index in [1.807, 2.05) is 6.92 Å². The highest BCUT2D eigenvalue weighted by molar-refractivity contribution is 5.60. The molecular formula is C12H17N5O3. The van der Waals surface area contributed by atoms with Crippen LogP contribution in [0.25, 0.3) is 0 Å². The lowest BCUT2D eigenvalue weighted by atomic mass is 10.3.